The van der Waals surface area contributed by atoms with Gasteiger partial charge < -0.3 is 14.4 Å². The van der Waals surface area contributed by atoms with Gasteiger partial charge in [-0.1, -0.05) is 18.2 Å². The normalized spacial score (nSPS) is 17.5. The van der Waals surface area contributed by atoms with Crippen molar-refractivity contribution in [2.45, 2.75) is 31.8 Å². The quantitative estimate of drug-likeness (QED) is 0.759. The molecule has 1 fully saturated rings. The average molecular weight is 359 g/mol. The van der Waals surface area contributed by atoms with Crippen LogP contribution in [0.4, 0.5) is 0 Å². The Bertz CT molecular complexity index is 654. The molecule has 1 saturated heterocycles. The topological polar surface area (TPSA) is 38.8 Å². The summed E-state index contributed by atoms with van der Waals surface area (Å²) in [5.41, 5.74) is 1.21. The van der Waals surface area contributed by atoms with Gasteiger partial charge in [-0.2, -0.15) is 0 Å². The largest absolute Gasteiger partial charge is 0.497 e. The number of rotatable bonds is 7. The van der Waals surface area contributed by atoms with Crippen LogP contribution in [0, 0.1) is 0 Å². The molecular weight excluding hydrogens is 334 g/mol. The van der Waals surface area contributed by atoms with Crippen LogP contribution in [0.5, 0.6) is 5.75 Å². The Morgan fingerprint density at radius 2 is 2.16 bits per heavy atom. The lowest BCUT2D eigenvalue weighted by Gasteiger charge is -2.33. The standard InChI is InChI=1S/C20H25NO3S/c1-23-17-9-7-16(8-10-17)14-18-15-21(11-12-24-18)20(22)6-2-4-19-5-3-13-25-19/h3,5,7-10,13,18H,2,4,6,11-12,14-15H2,1H3/t18-/m1/s1. The third-order valence-corrected chi connectivity index (χ3v) is 5.44. The second-order valence-corrected chi connectivity index (χ2v) is 7.35. The number of methoxy groups -OCH3 is 1. The summed E-state index contributed by atoms with van der Waals surface area (Å²) in [6.07, 6.45) is 3.42. The molecule has 0 saturated carbocycles. The SMILES string of the molecule is COc1ccc(C[C@@H]2CN(C(=O)CCCc3cccs3)CCO2)cc1. The highest BCUT2D eigenvalue weighted by molar-refractivity contribution is 7.09. The molecule has 5 heteroatoms. The van der Waals surface area contributed by atoms with Crippen LogP contribution in [-0.2, 0) is 22.4 Å². The fraction of sp³-hybridized carbons (Fsp3) is 0.450. The first-order valence-electron chi connectivity index (χ1n) is 8.79. The number of hydrogen-bond donors (Lipinski definition) is 0. The third-order valence-electron chi connectivity index (χ3n) is 4.51. The van der Waals surface area contributed by atoms with Crippen molar-refractivity contribution in [1.82, 2.24) is 4.90 Å². The van der Waals surface area contributed by atoms with Crippen molar-refractivity contribution in [3.8, 4) is 5.75 Å². The van der Waals surface area contributed by atoms with Crippen molar-refractivity contribution in [2.75, 3.05) is 26.8 Å². The van der Waals surface area contributed by atoms with E-state index in [2.05, 4.69) is 29.6 Å². The van der Waals surface area contributed by atoms with Crippen molar-refractivity contribution < 1.29 is 14.3 Å². The summed E-state index contributed by atoms with van der Waals surface area (Å²) < 4.78 is 11.0. The zero-order valence-corrected chi connectivity index (χ0v) is 15.5. The molecule has 134 valence electrons. The Balaban J connectivity index is 1.45. The lowest BCUT2D eigenvalue weighted by atomic mass is 10.1. The Kier molecular flexibility index (Phi) is 6.48. The summed E-state index contributed by atoms with van der Waals surface area (Å²) in [6.45, 7) is 2.01. The summed E-state index contributed by atoms with van der Waals surface area (Å²) in [6, 6.07) is 12.2. The van der Waals surface area contributed by atoms with Crippen LogP contribution in [0.15, 0.2) is 41.8 Å². The van der Waals surface area contributed by atoms with Gasteiger partial charge >= 0.3 is 0 Å². The lowest BCUT2D eigenvalue weighted by molar-refractivity contribution is -0.138. The van der Waals surface area contributed by atoms with E-state index in [1.807, 2.05) is 17.0 Å². The molecule has 0 bridgehead atoms. The summed E-state index contributed by atoms with van der Waals surface area (Å²) in [4.78, 5) is 15.8. The van der Waals surface area contributed by atoms with Gasteiger partial charge in [-0.15, -0.1) is 11.3 Å². The van der Waals surface area contributed by atoms with Crippen LogP contribution in [0.2, 0.25) is 0 Å². The molecule has 1 aliphatic rings. The maximum Gasteiger partial charge on any atom is 0.222 e. The van der Waals surface area contributed by atoms with Gasteiger partial charge in [0.25, 0.3) is 0 Å². The molecule has 0 N–H and O–H groups in total. The van der Waals surface area contributed by atoms with E-state index < -0.39 is 0 Å². The van der Waals surface area contributed by atoms with Gasteiger partial charge in [0, 0.05) is 30.8 Å². The Hall–Kier alpha value is -1.85. The minimum absolute atomic E-state index is 0.0726. The van der Waals surface area contributed by atoms with Gasteiger partial charge in [0.2, 0.25) is 5.91 Å². The van der Waals surface area contributed by atoms with Gasteiger partial charge in [-0.05, 0) is 42.0 Å². The predicted molar refractivity (Wildman–Crippen MR) is 100 cm³/mol. The van der Waals surface area contributed by atoms with Gasteiger partial charge in [-0.25, -0.2) is 0 Å². The van der Waals surface area contributed by atoms with Crippen LogP contribution in [0.1, 0.15) is 23.3 Å². The van der Waals surface area contributed by atoms with Gasteiger partial charge in [0.05, 0.1) is 19.8 Å². The molecule has 25 heavy (non-hydrogen) atoms. The summed E-state index contributed by atoms with van der Waals surface area (Å²) >= 11 is 1.76. The van der Waals surface area contributed by atoms with E-state index in [1.165, 1.54) is 10.4 Å². The van der Waals surface area contributed by atoms with E-state index in [0.29, 0.717) is 26.1 Å². The van der Waals surface area contributed by atoms with Gasteiger partial charge in [0.15, 0.2) is 0 Å². The van der Waals surface area contributed by atoms with E-state index in [1.54, 1.807) is 18.4 Å². The Labute approximate surface area is 153 Å². The first-order valence-corrected chi connectivity index (χ1v) is 9.67. The average Bonchev–Trinajstić information content (AvgIpc) is 3.16. The van der Waals surface area contributed by atoms with Crippen molar-refractivity contribution in [3.63, 3.8) is 0 Å². The Morgan fingerprint density at radius 1 is 1.32 bits per heavy atom. The number of aryl methyl sites for hydroxylation is 1. The van der Waals surface area contributed by atoms with Crippen LogP contribution in [0.3, 0.4) is 0 Å². The van der Waals surface area contributed by atoms with Crippen molar-refractivity contribution in [2.24, 2.45) is 0 Å². The molecule has 0 unspecified atom stereocenters. The van der Waals surface area contributed by atoms with Crippen molar-refractivity contribution in [1.29, 1.82) is 0 Å². The number of hydrogen-bond acceptors (Lipinski definition) is 4. The maximum atomic E-state index is 12.5. The fourth-order valence-electron chi connectivity index (χ4n) is 3.12. The highest BCUT2D eigenvalue weighted by atomic mass is 32.1. The number of morpholine rings is 1. The number of carbonyl (C=O) groups excluding carboxylic acids is 1. The van der Waals surface area contributed by atoms with Crippen LogP contribution < -0.4 is 4.74 Å². The number of ether oxygens (including phenoxy) is 2. The zero-order valence-electron chi connectivity index (χ0n) is 14.6. The minimum Gasteiger partial charge on any atom is -0.497 e. The number of thiophene rings is 1. The molecule has 0 aliphatic carbocycles. The molecule has 4 nitrogen and oxygen atoms in total. The zero-order chi connectivity index (χ0) is 17.5. The lowest BCUT2D eigenvalue weighted by Crippen LogP contribution is -2.46. The molecule has 0 radical (unpaired) electrons. The van der Waals surface area contributed by atoms with E-state index in [-0.39, 0.29) is 12.0 Å². The number of amides is 1. The second kappa shape index (κ2) is 9.02. The molecule has 1 aromatic carbocycles. The van der Waals surface area contributed by atoms with E-state index in [0.717, 1.165) is 25.0 Å². The highest BCUT2D eigenvalue weighted by Gasteiger charge is 2.24. The molecule has 1 aromatic heterocycles. The minimum atomic E-state index is 0.0726. The van der Waals surface area contributed by atoms with Gasteiger partial charge in [0.1, 0.15) is 5.75 Å². The molecular formula is C20H25NO3S. The number of carbonyl (C=O) groups is 1. The number of benzene rings is 1. The van der Waals surface area contributed by atoms with Crippen LogP contribution >= 0.6 is 11.3 Å². The molecule has 1 atom stereocenters. The monoisotopic (exact) mass is 359 g/mol. The molecule has 3 rings (SSSR count). The summed E-state index contributed by atoms with van der Waals surface area (Å²) in [5.74, 6) is 1.11. The first-order chi connectivity index (χ1) is 12.2. The third kappa shape index (κ3) is 5.31. The van der Waals surface area contributed by atoms with E-state index in [9.17, 15) is 4.79 Å². The number of nitrogens with zero attached hydrogens (tertiary/aromatic N) is 1. The van der Waals surface area contributed by atoms with Gasteiger partial charge in [-0.3, -0.25) is 4.79 Å². The second-order valence-electron chi connectivity index (χ2n) is 6.32. The van der Waals surface area contributed by atoms with Crippen molar-refractivity contribution >= 4 is 17.2 Å². The van der Waals surface area contributed by atoms with Crippen LogP contribution in [-0.4, -0.2) is 43.7 Å². The maximum absolute atomic E-state index is 12.5. The van der Waals surface area contributed by atoms with Crippen LogP contribution in [0.25, 0.3) is 0 Å². The van der Waals surface area contributed by atoms with E-state index >= 15 is 0 Å². The molecule has 0 spiro atoms. The summed E-state index contributed by atoms with van der Waals surface area (Å²) in [7, 11) is 1.67. The predicted octanol–water partition coefficient (Wildman–Crippen LogP) is 3.55. The Morgan fingerprint density at radius 3 is 2.88 bits per heavy atom. The van der Waals surface area contributed by atoms with Crippen molar-refractivity contribution in [3.05, 3.63) is 52.2 Å². The van der Waals surface area contributed by atoms with E-state index in [4.69, 9.17) is 9.47 Å². The molecule has 1 aliphatic heterocycles. The molecule has 2 heterocycles. The fourth-order valence-corrected chi connectivity index (χ4v) is 3.87. The summed E-state index contributed by atoms with van der Waals surface area (Å²) in [5, 5.41) is 2.09. The molecule has 1 amide bonds. The first kappa shape index (κ1) is 18.0. The molecule has 2 aromatic rings. The highest BCUT2D eigenvalue weighted by Crippen LogP contribution is 2.17. The smallest absolute Gasteiger partial charge is 0.222 e.